The van der Waals surface area contributed by atoms with Gasteiger partial charge in [0.05, 0.1) is 11.3 Å². The zero-order chi connectivity index (χ0) is 15.8. The highest BCUT2D eigenvalue weighted by Crippen LogP contribution is 2.36. The molecule has 2 heterocycles. The van der Waals surface area contributed by atoms with E-state index in [0.29, 0.717) is 10.4 Å². The first-order valence-corrected chi connectivity index (χ1v) is 8.01. The van der Waals surface area contributed by atoms with Crippen molar-refractivity contribution in [3.05, 3.63) is 16.8 Å². The Morgan fingerprint density at radius 2 is 1.76 bits per heavy atom. The molecule has 0 bridgehead atoms. The molecule has 0 saturated carbocycles. The summed E-state index contributed by atoms with van der Waals surface area (Å²) in [5.41, 5.74) is 9.13. The Kier molecular flexibility index (Phi) is 4.51. The number of aryl methyl sites for hydroxylation is 1. The Bertz CT molecular complexity index is 540. The number of piperidine rings is 1. The second-order valence-corrected chi connectivity index (χ2v) is 7.54. The van der Waals surface area contributed by atoms with Crippen molar-refractivity contribution < 1.29 is 0 Å². The van der Waals surface area contributed by atoms with Crippen molar-refractivity contribution in [1.82, 2.24) is 10.2 Å². The van der Waals surface area contributed by atoms with Crippen LogP contribution in [0.1, 0.15) is 50.4 Å². The fraction of sp³-hybridized carbons (Fsp3) is 0.688. The van der Waals surface area contributed by atoms with E-state index in [0.717, 1.165) is 41.6 Å². The monoisotopic (exact) mass is 306 g/mol. The highest BCUT2D eigenvalue weighted by atomic mass is 32.1. The number of thiocarbonyl (C=S) groups is 1. The summed E-state index contributed by atoms with van der Waals surface area (Å²) < 4.78 is 0. The molecular weight excluding hydrogens is 280 g/mol. The molecule has 0 atom stereocenters. The SMILES string of the molecule is Cc1nnc(N2CCC(C(C)(C)C)CC2)c(C(N)=S)c1C. The molecule has 0 aromatic carbocycles. The maximum absolute atomic E-state index is 5.92. The molecule has 21 heavy (non-hydrogen) atoms. The molecule has 1 fully saturated rings. The zero-order valence-corrected chi connectivity index (χ0v) is 14.5. The Balaban J connectivity index is 2.25. The van der Waals surface area contributed by atoms with Crippen molar-refractivity contribution in [3.8, 4) is 0 Å². The Hall–Kier alpha value is -1.23. The molecule has 5 heteroatoms. The van der Waals surface area contributed by atoms with Gasteiger partial charge in [0, 0.05) is 13.1 Å². The predicted octanol–water partition coefficient (Wildman–Crippen LogP) is 2.99. The van der Waals surface area contributed by atoms with Crippen molar-refractivity contribution in [2.75, 3.05) is 18.0 Å². The molecule has 2 N–H and O–H groups in total. The van der Waals surface area contributed by atoms with Gasteiger partial charge in [-0.3, -0.25) is 0 Å². The van der Waals surface area contributed by atoms with Crippen LogP contribution in [0.3, 0.4) is 0 Å². The summed E-state index contributed by atoms with van der Waals surface area (Å²) in [6.07, 6.45) is 2.35. The van der Waals surface area contributed by atoms with Gasteiger partial charge in [-0.05, 0) is 43.6 Å². The van der Waals surface area contributed by atoms with Gasteiger partial charge in [-0.1, -0.05) is 33.0 Å². The standard InChI is InChI=1S/C16H26N4S/c1-10-11(2)18-19-15(13(10)14(17)21)20-8-6-12(7-9-20)16(3,4)5/h12H,6-9H2,1-5H3,(H2,17,21). The van der Waals surface area contributed by atoms with E-state index in [4.69, 9.17) is 18.0 Å². The predicted molar refractivity (Wildman–Crippen MR) is 91.8 cm³/mol. The van der Waals surface area contributed by atoms with Crippen molar-refractivity contribution in [2.45, 2.75) is 47.5 Å². The third kappa shape index (κ3) is 3.34. The van der Waals surface area contributed by atoms with Crippen LogP contribution in [-0.2, 0) is 0 Å². The smallest absolute Gasteiger partial charge is 0.161 e. The van der Waals surface area contributed by atoms with Gasteiger partial charge in [0.1, 0.15) is 4.99 Å². The lowest BCUT2D eigenvalue weighted by atomic mass is 9.75. The molecule has 0 radical (unpaired) electrons. The zero-order valence-electron chi connectivity index (χ0n) is 13.7. The third-order valence-electron chi connectivity index (χ3n) is 4.70. The first-order chi connectivity index (χ1) is 9.71. The van der Waals surface area contributed by atoms with Crippen LogP contribution in [-0.4, -0.2) is 28.3 Å². The maximum Gasteiger partial charge on any atom is 0.161 e. The molecule has 116 valence electrons. The lowest BCUT2D eigenvalue weighted by Crippen LogP contribution is -2.39. The topological polar surface area (TPSA) is 55.0 Å². The number of aromatic nitrogens is 2. The highest BCUT2D eigenvalue weighted by molar-refractivity contribution is 7.80. The average Bonchev–Trinajstić information content (AvgIpc) is 2.40. The molecule has 4 nitrogen and oxygen atoms in total. The minimum absolute atomic E-state index is 0.368. The molecule has 0 spiro atoms. The minimum atomic E-state index is 0.368. The first-order valence-electron chi connectivity index (χ1n) is 7.60. The van der Waals surface area contributed by atoms with Crippen LogP contribution in [0.2, 0.25) is 0 Å². The lowest BCUT2D eigenvalue weighted by Gasteiger charge is -2.39. The fourth-order valence-corrected chi connectivity index (χ4v) is 3.31. The highest BCUT2D eigenvalue weighted by Gasteiger charge is 2.30. The second-order valence-electron chi connectivity index (χ2n) is 7.10. The molecule has 1 aromatic rings. The quantitative estimate of drug-likeness (QED) is 0.851. The molecule has 0 aliphatic carbocycles. The second kappa shape index (κ2) is 5.87. The van der Waals surface area contributed by atoms with E-state index < -0.39 is 0 Å². The molecule has 0 unspecified atom stereocenters. The summed E-state index contributed by atoms with van der Waals surface area (Å²) >= 11 is 5.23. The number of nitrogens with two attached hydrogens (primary N) is 1. The van der Waals surface area contributed by atoms with Gasteiger partial charge >= 0.3 is 0 Å². The van der Waals surface area contributed by atoms with Crippen molar-refractivity contribution in [1.29, 1.82) is 0 Å². The first kappa shape index (κ1) is 16.1. The molecule has 1 saturated heterocycles. The summed E-state index contributed by atoms with van der Waals surface area (Å²) in [4.78, 5) is 2.70. The van der Waals surface area contributed by atoms with E-state index in [1.54, 1.807) is 0 Å². The van der Waals surface area contributed by atoms with Gasteiger partial charge in [-0.25, -0.2) is 0 Å². The van der Waals surface area contributed by atoms with E-state index >= 15 is 0 Å². The average molecular weight is 306 g/mol. The number of hydrogen-bond acceptors (Lipinski definition) is 4. The van der Waals surface area contributed by atoms with E-state index in [2.05, 4.69) is 35.9 Å². The summed E-state index contributed by atoms with van der Waals surface area (Å²) in [7, 11) is 0. The molecule has 1 aromatic heterocycles. The van der Waals surface area contributed by atoms with E-state index in [-0.39, 0.29) is 0 Å². The molecule has 2 rings (SSSR count). The van der Waals surface area contributed by atoms with Crippen LogP contribution in [0, 0.1) is 25.2 Å². The molecule has 1 aliphatic heterocycles. The van der Waals surface area contributed by atoms with Gasteiger partial charge in [0.2, 0.25) is 0 Å². The minimum Gasteiger partial charge on any atom is -0.389 e. The van der Waals surface area contributed by atoms with Crippen LogP contribution in [0.15, 0.2) is 0 Å². The summed E-state index contributed by atoms with van der Waals surface area (Å²) in [6, 6.07) is 0. The van der Waals surface area contributed by atoms with Gasteiger partial charge < -0.3 is 10.6 Å². The summed E-state index contributed by atoms with van der Waals surface area (Å²) in [6.45, 7) is 12.9. The van der Waals surface area contributed by atoms with Gasteiger partial charge in [-0.15, -0.1) is 5.10 Å². The van der Waals surface area contributed by atoms with Crippen LogP contribution in [0.4, 0.5) is 5.82 Å². The molecule has 1 aliphatic rings. The number of anilines is 1. The largest absolute Gasteiger partial charge is 0.389 e. The van der Waals surface area contributed by atoms with Crippen LogP contribution in [0.25, 0.3) is 0 Å². The van der Waals surface area contributed by atoms with E-state index in [1.165, 1.54) is 12.8 Å². The van der Waals surface area contributed by atoms with Crippen molar-refractivity contribution in [2.24, 2.45) is 17.1 Å². The Labute approximate surface area is 133 Å². The molecule has 0 amide bonds. The Morgan fingerprint density at radius 3 is 2.24 bits per heavy atom. The normalized spacial score (nSPS) is 17.1. The Morgan fingerprint density at radius 1 is 1.19 bits per heavy atom. The van der Waals surface area contributed by atoms with Gasteiger partial charge in [0.25, 0.3) is 0 Å². The van der Waals surface area contributed by atoms with Gasteiger partial charge in [0.15, 0.2) is 5.82 Å². The number of rotatable bonds is 2. The number of hydrogen-bond donors (Lipinski definition) is 1. The van der Waals surface area contributed by atoms with E-state index in [9.17, 15) is 0 Å². The fourth-order valence-electron chi connectivity index (χ4n) is 3.07. The maximum atomic E-state index is 5.92. The summed E-state index contributed by atoms with van der Waals surface area (Å²) in [5.74, 6) is 1.61. The van der Waals surface area contributed by atoms with Crippen LogP contribution >= 0.6 is 12.2 Å². The van der Waals surface area contributed by atoms with Crippen LogP contribution in [0.5, 0.6) is 0 Å². The van der Waals surface area contributed by atoms with Crippen LogP contribution < -0.4 is 10.6 Å². The van der Waals surface area contributed by atoms with E-state index in [1.807, 2.05) is 13.8 Å². The van der Waals surface area contributed by atoms with Gasteiger partial charge in [-0.2, -0.15) is 5.10 Å². The third-order valence-corrected chi connectivity index (χ3v) is 4.91. The lowest BCUT2D eigenvalue weighted by molar-refractivity contribution is 0.198. The summed E-state index contributed by atoms with van der Waals surface area (Å²) in [5, 5.41) is 8.64. The van der Waals surface area contributed by atoms with Crippen molar-refractivity contribution in [3.63, 3.8) is 0 Å². The van der Waals surface area contributed by atoms with Crippen molar-refractivity contribution >= 4 is 23.0 Å². The molecular formula is C16H26N4S. The number of nitrogens with zero attached hydrogens (tertiary/aromatic N) is 3.